The third-order valence-corrected chi connectivity index (χ3v) is 5.97. The van der Waals surface area contributed by atoms with Gasteiger partial charge in [0.2, 0.25) is 5.95 Å². The Morgan fingerprint density at radius 2 is 2.00 bits per heavy atom. The predicted octanol–water partition coefficient (Wildman–Crippen LogP) is 2.82. The number of hydrogen-bond donors (Lipinski definition) is 2. The van der Waals surface area contributed by atoms with Crippen LogP contribution in [0.3, 0.4) is 0 Å². The van der Waals surface area contributed by atoms with Gasteiger partial charge < -0.3 is 15.0 Å². The Labute approximate surface area is 172 Å². The van der Waals surface area contributed by atoms with Gasteiger partial charge in [0.1, 0.15) is 5.82 Å². The minimum absolute atomic E-state index is 0.0750. The van der Waals surface area contributed by atoms with Crippen LogP contribution >= 0.6 is 11.6 Å². The fourth-order valence-electron chi connectivity index (χ4n) is 4.39. The number of ether oxygens (including phenoxy) is 1. The molecule has 5 rings (SSSR count). The quantitative estimate of drug-likeness (QED) is 0.788. The molecule has 1 aromatic carbocycles. The minimum atomic E-state index is -0.470. The lowest BCUT2D eigenvalue weighted by Crippen LogP contribution is -2.40. The molecule has 3 heterocycles. The maximum Gasteiger partial charge on any atom is 0.258 e. The highest BCUT2D eigenvalue weighted by atomic mass is 35.5. The molecule has 29 heavy (non-hydrogen) atoms. The van der Waals surface area contributed by atoms with Crippen LogP contribution in [0, 0.1) is 0 Å². The summed E-state index contributed by atoms with van der Waals surface area (Å²) in [5.41, 5.74) is 2.59. The predicted molar refractivity (Wildman–Crippen MR) is 111 cm³/mol. The van der Waals surface area contributed by atoms with Crippen molar-refractivity contribution in [2.75, 3.05) is 36.5 Å². The van der Waals surface area contributed by atoms with Gasteiger partial charge in [-0.05, 0) is 30.5 Å². The van der Waals surface area contributed by atoms with Crippen molar-refractivity contribution in [2.45, 2.75) is 25.2 Å². The highest BCUT2D eigenvalue weighted by molar-refractivity contribution is 6.30. The average Bonchev–Trinajstić information content (AvgIpc) is 2.73. The van der Waals surface area contributed by atoms with Crippen molar-refractivity contribution in [1.29, 1.82) is 0 Å². The number of nitrogens with zero attached hydrogens (tertiary/aromatic N) is 2. The second-order valence-corrected chi connectivity index (χ2v) is 7.97. The Morgan fingerprint density at radius 3 is 2.79 bits per heavy atom. The molecule has 0 radical (unpaired) electrons. The largest absolute Gasteiger partial charge is 0.378 e. The van der Waals surface area contributed by atoms with Crippen molar-refractivity contribution < 1.29 is 9.53 Å². The summed E-state index contributed by atoms with van der Waals surface area (Å²) in [6.07, 6.45) is 2.05. The zero-order valence-corrected chi connectivity index (χ0v) is 16.6. The van der Waals surface area contributed by atoms with Crippen LogP contribution in [-0.4, -0.2) is 42.1 Å². The summed E-state index contributed by atoms with van der Waals surface area (Å²) < 4.78 is 5.40. The lowest BCUT2D eigenvalue weighted by molar-refractivity contribution is -0.116. The SMILES string of the molecule is O=C1CCCC2=C1[C@@H](c1cccc(Cl)c1)c1c(nc(N3CCOCC3)[nH]c1=O)N2. The Morgan fingerprint density at radius 1 is 1.17 bits per heavy atom. The number of anilines is 2. The molecular weight excluding hydrogens is 392 g/mol. The summed E-state index contributed by atoms with van der Waals surface area (Å²) in [7, 11) is 0. The molecule has 150 valence electrons. The molecule has 1 saturated heterocycles. The maximum absolute atomic E-state index is 13.2. The van der Waals surface area contributed by atoms with Crippen LogP contribution in [0.15, 0.2) is 40.3 Å². The summed E-state index contributed by atoms with van der Waals surface area (Å²) in [6.45, 7) is 2.55. The molecule has 0 saturated carbocycles. The van der Waals surface area contributed by atoms with Crippen molar-refractivity contribution in [1.82, 2.24) is 9.97 Å². The van der Waals surface area contributed by atoms with Crippen molar-refractivity contribution in [3.05, 3.63) is 62.0 Å². The minimum Gasteiger partial charge on any atom is -0.378 e. The molecular formula is C21H21ClN4O3. The highest BCUT2D eigenvalue weighted by Gasteiger charge is 2.38. The summed E-state index contributed by atoms with van der Waals surface area (Å²) in [4.78, 5) is 35.7. The highest BCUT2D eigenvalue weighted by Crippen LogP contribution is 2.43. The monoisotopic (exact) mass is 412 g/mol. The summed E-state index contributed by atoms with van der Waals surface area (Å²) in [5, 5.41) is 3.87. The number of allylic oxidation sites excluding steroid dienone is 2. The number of halogens is 1. The topological polar surface area (TPSA) is 87.3 Å². The van der Waals surface area contributed by atoms with Crippen molar-refractivity contribution in [3.8, 4) is 0 Å². The molecule has 1 aromatic heterocycles. The van der Waals surface area contributed by atoms with Gasteiger partial charge in [-0.2, -0.15) is 4.98 Å². The third-order valence-electron chi connectivity index (χ3n) is 5.74. The number of hydrogen-bond acceptors (Lipinski definition) is 6. The number of H-pyrrole nitrogens is 1. The number of fused-ring (bicyclic) bond motifs is 1. The van der Waals surface area contributed by atoms with Crippen LogP contribution in [0.1, 0.15) is 36.3 Å². The Hall–Kier alpha value is -2.64. The van der Waals surface area contributed by atoms with E-state index in [2.05, 4.69) is 10.3 Å². The molecule has 1 atom stereocenters. The lowest BCUT2D eigenvalue weighted by Gasteiger charge is -2.34. The van der Waals surface area contributed by atoms with Crippen LogP contribution in [-0.2, 0) is 9.53 Å². The fraction of sp³-hybridized carbons (Fsp3) is 0.381. The molecule has 1 fully saturated rings. The number of benzene rings is 1. The molecule has 2 N–H and O–H groups in total. The van der Waals surface area contributed by atoms with Crippen LogP contribution in [0.4, 0.5) is 11.8 Å². The van der Waals surface area contributed by atoms with E-state index in [1.54, 1.807) is 6.07 Å². The van der Waals surface area contributed by atoms with E-state index in [-0.39, 0.29) is 11.3 Å². The van der Waals surface area contributed by atoms with Crippen LogP contribution in [0.2, 0.25) is 5.02 Å². The second kappa shape index (κ2) is 7.31. The molecule has 7 nitrogen and oxygen atoms in total. The van der Waals surface area contributed by atoms with E-state index in [4.69, 9.17) is 21.3 Å². The van der Waals surface area contributed by atoms with Crippen LogP contribution < -0.4 is 15.8 Å². The molecule has 0 amide bonds. The number of nitrogens with one attached hydrogen (secondary N) is 2. The average molecular weight is 413 g/mol. The normalized spacial score (nSPS) is 21.5. The Balaban J connectivity index is 1.68. The summed E-state index contributed by atoms with van der Waals surface area (Å²) >= 11 is 6.23. The molecule has 0 spiro atoms. The lowest BCUT2D eigenvalue weighted by atomic mass is 9.76. The maximum atomic E-state index is 13.2. The van der Waals surface area contributed by atoms with E-state index in [1.165, 1.54) is 0 Å². The first-order valence-corrected chi connectivity index (χ1v) is 10.3. The van der Waals surface area contributed by atoms with E-state index in [9.17, 15) is 9.59 Å². The van der Waals surface area contributed by atoms with Gasteiger partial charge in [0.05, 0.1) is 18.8 Å². The molecule has 1 aliphatic carbocycles. The number of carbonyl (C=O) groups excluding carboxylic acids is 1. The third kappa shape index (κ3) is 3.24. The van der Waals surface area contributed by atoms with Gasteiger partial charge in [-0.15, -0.1) is 0 Å². The first-order chi connectivity index (χ1) is 14.1. The molecule has 2 aromatic rings. The van der Waals surface area contributed by atoms with Gasteiger partial charge in [0.15, 0.2) is 5.78 Å². The van der Waals surface area contributed by atoms with Gasteiger partial charge in [-0.1, -0.05) is 23.7 Å². The first-order valence-electron chi connectivity index (χ1n) is 9.87. The molecule has 0 unspecified atom stereocenters. The van der Waals surface area contributed by atoms with E-state index >= 15 is 0 Å². The zero-order chi connectivity index (χ0) is 20.0. The number of carbonyl (C=O) groups is 1. The standard InChI is InChI=1S/C21H21ClN4O3/c22-13-4-1-3-12(11-13)16-17-14(5-2-6-15(17)27)23-19-18(16)20(28)25-21(24-19)26-7-9-29-10-8-26/h1,3-4,11,16H,2,5-10H2,(H2,23,24,25,28)/t16-/m1/s1. The zero-order valence-electron chi connectivity index (χ0n) is 15.8. The van der Waals surface area contributed by atoms with Gasteiger partial charge in [-0.25, -0.2) is 0 Å². The van der Waals surface area contributed by atoms with E-state index < -0.39 is 5.92 Å². The number of morpholine rings is 1. The number of rotatable bonds is 2. The molecule has 8 heteroatoms. The van der Waals surface area contributed by atoms with Crippen molar-refractivity contribution in [2.24, 2.45) is 0 Å². The van der Waals surface area contributed by atoms with Gasteiger partial charge >= 0.3 is 0 Å². The van der Waals surface area contributed by atoms with Gasteiger partial charge in [0.25, 0.3) is 5.56 Å². The van der Waals surface area contributed by atoms with Crippen LogP contribution in [0.5, 0.6) is 0 Å². The fourth-order valence-corrected chi connectivity index (χ4v) is 4.59. The number of aromatic nitrogens is 2. The molecule has 0 bridgehead atoms. The molecule has 3 aliphatic rings. The smallest absolute Gasteiger partial charge is 0.258 e. The van der Waals surface area contributed by atoms with Crippen molar-refractivity contribution in [3.63, 3.8) is 0 Å². The van der Waals surface area contributed by atoms with E-state index in [0.29, 0.717) is 60.6 Å². The second-order valence-electron chi connectivity index (χ2n) is 7.53. The number of ketones is 1. The summed E-state index contributed by atoms with van der Waals surface area (Å²) in [5.74, 6) is 0.656. The summed E-state index contributed by atoms with van der Waals surface area (Å²) in [6, 6.07) is 7.36. The van der Waals surface area contributed by atoms with Crippen LogP contribution in [0.25, 0.3) is 0 Å². The van der Waals surface area contributed by atoms with E-state index in [1.807, 2.05) is 23.1 Å². The van der Waals surface area contributed by atoms with Crippen molar-refractivity contribution >= 4 is 29.2 Å². The Bertz CT molecular complexity index is 1070. The van der Waals surface area contributed by atoms with E-state index in [0.717, 1.165) is 24.1 Å². The first kappa shape index (κ1) is 18.4. The number of aromatic amines is 1. The molecule has 2 aliphatic heterocycles. The van der Waals surface area contributed by atoms with Gasteiger partial charge in [-0.3, -0.25) is 14.6 Å². The van der Waals surface area contributed by atoms with Gasteiger partial charge in [0, 0.05) is 41.7 Å². The number of Topliss-reactive ketones (excluding diaryl/α,β-unsaturated/α-hetero) is 1. The Kier molecular flexibility index (Phi) is 4.64.